The van der Waals surface area contributed by atoms with Crippen LogP contribution in [0.5, 0.6) is 0 Å². The molecule has 2 atom stereocenters. The third-order valence-corrected chi connectivity index (χ3v) is 3.55. The number of benzene rings is 2. The molecule has 0 aliphatic heterocycles. The average molecular weight is 296 g/mol. The summed E-state index contributed by atoms with van der Waals surface area (Å²) in [7, 11) is 0. The summed E-state index contributed by atoms with van der Waals surface area (Å²) in [5.74, 6) is -1.07. The minimum absolute atomic E-state index is 0.0405. The predicted octanol–water partition coefficient (Wildman–Crippen LogP) is 5.03. The maximum absolute atomic E-state index is 13.7. The summed E-state index contributed by atoms with van der Waals surface area (Å²) in [6.07, 6.45) is 0. The van der Waals surface area contributed by atoms with Crippen molar-refractivity contribution in [3.05, 3.63) is 70.2 Å². The number of hydrogen-bond donors (Lipinski definition) is 1. The van der Waals surface area contributed by atoms with Gasteiger partial charge in [0, 0.05) is 22.7 Å². The van der Waals surface area contributed by atoms with Gasteiger partial charge in [-0.25, -0.2) is 8.78 Å². The number of nitrogens with one attached hydrogen (secondary N) is 1. The summed E-state index contributed by atoms with van der Waals surface area (Å²) in [5, 5.41) is 3.85. The van der Waals surface area contributed by atoms with Crippen LogP contribution in [0, 0.1) is 11.6 Å². The van der Waals surface area contributed by atoms with Crippen LogP contribution in [0.15, 0.2) is 42.5 Å². The second-order valence-electron chi connectivity index (χ2n) is 4.80. The molecule has 0 fully saturated rings. The molecule has 0 saturated carbocycles. The van der Waals surface area contributed by atoms with Crippen LogP contribution in [-0.4, -0.2) is 0 Å². The Balaban J connectivity index is 2.15. The molecule has 0 heterocycles. The lowest BCUT2D eigenvalue weighted by molar-refractivity contribution is 0.450. The standard InChI is InChI=1S/C16H16ClF2N/c1-10(12-6-8-13(17)9-7-12)20-11(2)16-14(18)4-3-5-15(16)19/h3-11,20H,1-2H3. The highest BCUT2D eigenvalue weighted by molar-refractivity contribution is 6.30. The van der Waals surface area contributed by atoms with Crippen molar-refractivity contribution in [2.24, 2.45) is 0 Å². The fourth-order valence-electron chi connectivity index (χ4n) is 2.23. The SMILES string of the molecule is CC(NC(C)c1c(F)cccc1F)c1ccc(Cl)cc1. The first-order valence-electron chi connectivity index (χ1n) is 6.44. The van der Waals surface area contributed by atoms with E-state index in [4.69, 9.17) is 11.6 Å². The van der Waals surface area contributed by atoms with Crippen molar-refractivity contribution in [3.63, 3.8) is 0 Å². The normalized spacial score (nSPS) is 14.1. The molecule has 0 saturated heterocycles. The highest BCUT2D eigenvalue weighted by atomic mass is 35.5. The molecule has 0 spiro atoms. The van der Waals surface area contributed by atoms with Crippen LogP contribution >= 0.6 is 11.6 Å². The lowest BCUT2D eigenvalue weighted by atomic mass is 10.0. The van der Waals surface area contributed by atoms with Gasteiger partial charge in [0.1, 0.15) is 11.6 Å². The molecule has 2 rings (SSSR count). The van der Waals surface area contributed by atoms with Crippen molar-refractivity contribution in [2.75, 3.05) is 0 Å². The van der Waals surface area contributed by atoms with Gasteiger partial charge < -0.3 is 5.32 Å². The zero-order valence-corrected chi connectivity index (χ0v) is 12.1. The summed E-state index contributed by atoms with van der Waals surface area (Å²) >= 11 is 5.84. The molecule has 0 aliphatic rings. The monoisotopic (exact) mass is 295 g/mol. The maximum Gasteiger partial charge on any atom is 0.130 e. The van der Waals surface area contributed by atoms with E-state index in [-0.39, 0.29) is 11.6 Å². The number of halogens is 3. The molecule has 1 N–H and O–H groups in total. The van der Waals surface area contributed by atoms with E-state index in [1.165, 1.54) is 18.2 Å². The molecule has 1 nitrogen and oxygen atoms in total. The van der Waals surface area contributed by atoms with E-state index in [2.05, 4.69) is 5.32 Å². The fraction of sp³-hybridized carbons (Fsp3) is 0.250. The van der Waals surface area contributed by atoms with Crippen molar-refractivity contribution in [3.8, 4) is 0 Å². The van der Waals surface area contributed by atoms with Crippen LogP contribution < -0.4 is 5.32 Å². The van der Waals surface area contributed by atoms with Gasteiger partial charge in [-0.2, -0.15) is 0 Å². The van der Waals surface area contributed by atoms with E-state index in [0.29, 0.717) is 5.02 Å². The molecule has 2 unspecified atom stereocenters. The number of hydrogen-bond acceptors (Lipinski definition) is 1. The van der Waals surface area contributed by atoms with Crippen molar-refractivity contribution in [1.29, 1.82) is 0 Å². The van der Waals surface area contributed by atoms with Gasteiger partial charge in [0.2, 0.25) is 0 Å². The van der Waals surface area contributed by atoms with Gasteiger partial charge in [-0.05, 0) is 43.7 Å². The Morgan fingerprint density at radius 1 is 0.900 bits per heavy atom. The molecule has 0 aliphatic carbocycles. The molecule has 0 radical (unpaired) electrons. The van der Waals surface area contributed by atoms with E-state index in [1.54, 1.807) is 19.1 Å². The highest BCUT2D eigenvalue weighted by Crippen LogP contribution is 2.24. The topological polar surface area (TPSA) is 12.0 Å². The predicted molar refractivity (Wildman–Crippen MR) is 77.8 cm³/mol. The first-order chi connectivity index (χ1) is 9.49. The van der Waals surface area contributed by atoms with Crippen LogP contribution in [0.3, 0.4) is 0 Å². The lowest BCUT2D eigenvalue weighted by Crippen LogP contribution is -2.24. The van der Waals surface area contributed by atoms with Crippen molar-refractivity contribution in [2.45, 2.75) is 25.9 Å². The Morgan fingerprint density at radius 2 is 1.45 bits per heavy atom. The molecule has 0 aromatic heterocycles. The smallest absolute Gasteiger partial charge is 0.130 e. The van der Waals surface area contributed by atoms with E-state index in [1.807, 2.05) is 19.1 Å². The first kappa shape index (κ1) is 14.9. The summed E-state index contributed by atoms with van der Waals surface area (Å²) < 4.78 is 27.4. The molecule has 4 heteroatoms. The van der Waals surface area contributed by atoms with Gasteiger partial charge >= 0.3 is 0 Å². The number of rotatable bonds is 4. The van der Waals surface area contributed by atoms with Crippen molar-refractivity contribution in [1.82, 2.24) is 5.32 Å². The highest BCUT2D eigenvalue weighted by Gasteiger charge is 2.18. The summed E-state index contributed by atoms with van der Waals surface area (Å²) in [6.45, 7) is 3.69. The lowest BCUT2D eigenvalue weighted by Gasteiger charge is -2.21. The second-order valence-corrected chi connectivity index (χ2v) is 5.23. The van der Waals surface area contributed by atoms with Gasteiger partial charge in [0.15, 0.2) is 0 Å². The van der Waals surface area contributed by atoms with Crippen LogP contribution in [0.25, 0.3) is 0 Å². The van der Waals surface area contributed by atoms with Gasteiger partial charge in [-0.15, -0.1) is 0 Å². The first-order valence-corrected chi connectivity index (χ1v) is 6.82. The van der Waals surface area contributed by atoms with Crippen molar-refractivity contribution < 1.29 is 8.78 Å². The van der Waals surface area contributed by atoms with Gasteiger partial charge in [0.05, 0.1) is 0 Å². The van der Waals surface area contributed by atoms with Crippen LogP contribution in [-0.2, 0) is 0 Å². The van der Waals surface area contributed by atoms with Crippen molar-refractivity contribution >= 4 is 11.6 Å². The third-order valence-electron chi connectivity index (χ3n) is 3.30. The Morgan fingerprint density at radius 3 is 2.00 bits per heavy atom. The Bertz CT molecular complexity index is 563. The second kappa shape index (κ2) is 6.33. The Hall–Kier alpha value is -1.45. The van der Waals surface area contributed by atoms with Gasteiger partial charge in [0.25, 0.3) is 0 Å². The zero-order valence-electron chi connectivity index (χ0n) is 11.3. The molecule has 2 aromatic carbocycles. The fourth-order valence-corrected chi connectivity index (χ4v) is 2.36. The molecule has 0 amide bonds. The van der Waals surface area contributed by atoms with E-state index >= 15 is 0 Å². The zero-order chi connectivity index (χ0) is 14.7. The minimum Gasteiger partial charge on any atom is -0.303 e. The van der Waals surface area contributed by atoms with E-state index < -0.39 is 17.7 Å². The van der Waals surface area contributed by atoms with E-state index in [9.17, 15) is 8.78 Å². The van der Waals surface area contributed by atoms with Gasteiger partial charge in [-0.1, -0.05) is 29.8 Å². The summed E-state index contributed by atoms with van der Waals surface area (Å²) in [6, 6.07) is 10.8. The maximum atomic E-state index is 13.7. The summed E-state index contributed by atoms with van der Waals surface area (Å²) in [4.78, 5) is 0. The Labute approximate surface area is 122 Å². The van der Waals surface area contributed by atoms with Crippen LogP contribution in [0.4, 0.5) is 8.78 Å². The molecule has 0 bridgehead atoms. The molecular formula is C16H16ClF2N. The minimum atomic E-state index is -0.534. The molecule has 20 heavy (non-hydrogen) atoms. The quantitative estimate of drug-likeness (QED) is 0.834. The third kappa shape index (κ3) is 3.35. The van der Waals surface area contributed by atoms with Crippen LogP contribution in [0.2, 0.25) is 5.02 Å². The Kier molecular flexibility index (Phi) is 4.73. The summed E-state index contributed by atoms with van der Waals surface area (Å²) in [5.41, 5.74) is 1.08. The molecule has 106 valence electrons. The largest absolute Gasteiger partial charge is 0.303 e. The van der Waals surface area contributed by atoms with Gasteiger partial charge in [-0.3, -0.25) is 0 Å². The van der Waals surface area contributed by atoms with Crippen LogP contribution in [0.1, 0.15) is 37.1 Å². The van der Waals surface area contributed by atoms with E-state index in [0.717, 1.165) is 5.56 Å². The average Bonchev–Trinajstić information content (AvgIpc) is 2.39. The molecule has 2 aromatic rings. The molecular weight excluding hydrogens is 280 g/mol.